The first-order valence-electron chi connectivity index (χ1n) is 11.5. The summed E-state index contributed by atoms with van der Waals surface area (Å²) in [6.45, 7) is 3.27. The van der Waals surface area contributed by atoms with Crippen LogP contribution in [0.2, 0.25) is 5.02 Å². The zero-order valence-corrected chi connectivity index (χ0v) is 21.2. The molecule has 0 saturated heterocycles. The second-order valence-corrected chi connectivity index (χ2v) is 10.2. The summed E-state index contributed by atoms with van der Waals surface area (Å²) < 4.78 is 50.4. The van der Waals surface area contributed by atoms with Gasteiger partial charge in [0.2, 0.25) is 5.88 Å². The molecule has 11 heteroatoms. The molecule has 1 aliphatic carbocycles. The van der Waals surface area contributed by atoms with E-state index in [-0.39, 0.29) is 51.1 Å². The van der Waals surface area contributed by atoms with Crippen molar-refractivity contribution in [3.8, 4) is 11.8 Å². The number of nitrogens with two attached hydrogens (primary N) is 1. The van der Waals surface area contributed by atoms with Crippen molar-refractivity contribution in [3.05, 3.63) is 81.4 Å². The normalized spacial score (nSPS) is 18.9. The van der Waals surface area contributed by atoms with Crippen molar-refractivity contribution in [2.75, 3.05) is 11.9 Å². The fraction of sp³-hybridized carbons (Fsp3) is 0.296. The predicted molar refractivity (Wildman–Crippen MR) is 133 cm³/mol. The molecule has 4 rings (SSSR count). The van der Waals surface area contributed by atoms with Gasteiger partial charge < -0.3 is 20.5 Å². The van der Waals surface area contributed by atoms with Crippen LogP contribution in [0.4, 0.5) is 18.9 Å². The van der Waals surface area contributed by atoms with E-state index in [9.17, 15) is 28.0 Å². The fourth-order valence-corrected chi connectivity index (χ4v) is 4.77. The summed E-state index contributed by atoms with van der Waals surface area (Å²) in [5, 5.41) is 12.5. The van der Waals surface area contributed by atoms with Gasteiger partial charge in [-0.1, -0.05) is 31.5 Å². The quantitative estimate of drug-likeness (QED) is 0.489. The van der Waals surface area contributed by atoms with E-state index in [0.717, 1.165) is 12.1 Å². The maximum Gasteiger partial charge on any atom is 0.416 e. The summed E-state index contributed by atoms with van der Waals surface area (Å²) in [6, 6.07) is 10.7. The minimum Gasteiger partial charge on any atom is -0.483 e. The minimum absolute atomic E-state index is 0.00246. The summed E-state index contributed by atoms with van der Waals surface area (Å²) >= 11 is 6.25. The van der Waals surface area contributed by atoms with Crippen LogP contribution in [0.25, 0.3) is 0 Å². The zero-order valence-electron chi connectivity index (χ0n) is 20.4. The van der Waals surface area contributed by atoms with Crippen molar-refractivity contribution in [1.82, 2.24) is 0 Å². The average Bonchev–Trinajstić information content (AvgIpc) is 2.81. The fourth-order valence-electron chi connectivity index (χ4n) is 4.59. The molecule has 7 nitrogen and oxygen atoms in total. The topological polar surface area (TPSA) is 114 Å². The van der Waals surface area contributed by atoms with E-state index < -0.39 is 30.2 Å². The van der Waals surface area contributed by atoms with Crippen molar-refractivity contribution in [1.29, 1.82) is 5.26 Å². The van der Waals surface area contributed by atoms with E-state index in [2.05, 4.69) is 5.32 Å². The molecule has 2 aromatic carbocycles. The van der Waals surface area contributed by atoms with Crippen molar-refractivity contribution in [3.63, 3.8) is 0 Å². The summed E-state index contributed by atoms with van der Waals surface area (Å²) in [6.07, 6.45) is -3.92. The van der Waals surface area contributed by atoms with Gasteiger partial charge in [-0.25, -0.2) is 0 Å². The Kier molecular flexibility index (Phi) is 7.17. The third-order valence-electron chi connectivity index (χ3n) is 6.19. The lowest BCUT2D eigenvalue weighted by Gasteiger charge is -2.37. The smallest absolute Gasteiger partial charge is 0.416 e. The third kappa shape index (κ3) is 5.63. The van der Waals surface area contributed by atoms with Gasteiger partial charge in [-0.3, -0.25) is 9.59 Å². The molecular weight excluding hydrogens is 523 g/mol. The highest BCUT2D eigenvalue weighted by Gasteiger charge is 2.44. The molecular formula is C27H23ClF3N3O4. The van der Waals surface area contributed by atoms with Crippen LogP contribution in [0, 0.1) is 16.7 Å². The number of rotatable bonds is 5. The second kappa shape index (κ2) is 10.1. The van der Waals surface area contributed by atoms with Crippen LogP contribution < -0.4 is 15.8 Å². The standard InChI is InChI=1S/C27H23ClF3N3O4/c1-26(2)10-19(35)24-21(11-26)38-25(33)18(12-32)23(24)17-9-15(28)6-7-20(17)37-13-22(36)34-16-5-3-4-14(8-16)27(29,30)31/h3-9,23H,10-11,13,33H2,1-2H3,(H,34,36). The number of nitrogens with one attached hydrogen (secondary N) is 1. The highest BCUT2D eigenvalue weighted by atomic mass is 35.5. The summed E-state index contributed by atoms with van der Waals surface area (Å²) in [5.41, 5.74) is 5.33. The van der Waals surface area contributed by atoms with Gasteiger partial charge in [-0.15, -0.1) is 0 Å². The molecule has 0 fully saturated rings. The first-order valence-corrected chi connectivity index (χ1v) is 11.9. The molecule has 1 unspecified atom stereocenters. The Labute approximate surface area is 221 Å². The van der Waals surface area contributed by atoms with Gasteiger partial charge in [0.05, 0.1) is 11.5 Å². The molecule has 1 amide bonds. The van der Waals surface area contributed by atoms with Crippen LogP contribution >= 0.6 is 11.6 Å². The van der Waals surface area contributed by atoms with Gasteiger partial charge >= 0.3 is 6.18 Å². The maximum absolute atomic E-state index is 13.2. The second-order valence-electron chi connectivity index (χ2n) is 9.80. The number of carbonyl (C=O) groups excluding carboxylic acids is 2. The number of hydrogen-bond acceptors (Lipinski definition) is 6. The van der Waals surface area contributed by atoms with Crippen molar-refractivity contribution < 1.29 is 32.2 Å². The number of halogens is 4. The Balaban J connectivity index is 1.64. The summed E-state index contributed by atoms with van der Waals surface area (Å²) in [5.74, 6) is -1.51. The largest absolute Gasteiger partial charge is 0.483 e. The van der Waals surface area contributed by atoms with Gasteiger partial charge in [-0.2, -0.15) is 18.4 Å². The number of Topliss-reactive ketones (excluding diaryl/α,β-unsaturated/α-hetero) is 1. The van der Waals surface area contributed by atoms with Crippen LogP contribution in [0.3, 0.4) is 0 Å². The highest BCUT2D eigenvalue weighted by molar-refractivity contribution is 6.30. The number of ether oxygens (including phenoxy) is 2. The molecule has 1 atom stereocenters. The number of ketones is 1. The zero-order chi connectivity index (χ0) is 27.8. The maximum atomic E-state index is 13.2. The Hall–Kier alpha value is -3.97. The molecule has 0 saturated carbocycles. The molecule has 1 heterocycles. The van der Waals surface area contributed by atoms with Crippen molar-refractivity contribution in [2.45, 2.75) is 38.8 Å². The highest BCUT2D eigenvalue weighted by Crippen LogP contribution is 2.49. The monoisotopic (exact) mass is 545 g/mol. The summed E-state index contributed by atoms with van der Waals surface area (Å²) in [4.78, 5) is 25.7. The lowest BCUT2D eigenvalue weighted by Crippen LogP contribution is -2.33. The Morgan fingerprint density at radius 1 is 1.26 bits per heavy atom. The third-order valence-corrected chi connectivity index (χ3v) is 6.43. The van der Waals surface area contributed by atoms with Gasteiger partial charge in [0, 0.05) is 34.7 Å². The van der Waals surface area contributed by atoms with Crippen LogP contribution in [-0.4, -0.2) is 18.3 Å². The number of alkyl halides is 3. The molecule has 1 aliphatic heterocycles. The van der Waals surface area contributed by atoms with E-state index >= 15 is 0 Å². The minimum atomic E-state index is -4.56. The first-order chi connectivity index (χ1) is 17.8. The number of nitriles is 1. The molecule has 38 heavy (non-hydrogen) atoms. The molecule has 2 aliphatic rings. The lowest BCUT2D eigenvalue weighted by atomic mass is 9.70. The van der Waals surface area contributed by atoms with Gasteiger partial charge in [-0.05, 0) is 41.8 Å². The number of hydrogen-bond donors (Lipinski definition) is 2. The van der Waals surface area contributed by atoms with E-state index in [0.29, 0.717) is 17.7 Å². The molecule has 0 bridgehead atoms. The number of nitrogens with zero attached hydrogens (tertiary/aromatic N) is 1. The van der Waals surface area contributed by atoms with E-state index in [1.807, 2.05) is 19.9 Å². The van der Waals surface area contributed by atoms with E-state index in [1.54, 1.807) is 0 Å². The van der Waals surface area contributed by atoms with Crippen molar-refractivity contribution >= 4 is 29.0 Å². The Morgan fingerprint density at radius 3 is 2.68 bits per heavy atom. The number of benzene rings is 2. The first kappa shape index (κ1) is 27.1. The van der Waals surface area contributed by atoms with Gasteiger partial charge in [0.25, 0.3) is 5.91 Å². The molecule has 2 aromatic rings. The number of anilines is 1. The van der Waals surface area contributed by atoms with Crippen LogP contribution in [0.15, 0.2) is 65.3 Å². The van der Waals surface area contributed by atoms with Crippen LogP contribution in [-0.2, 0) is 20.5 Å². The average molecular weight is 546 g/mol. The molecule has 198 valence electrons. The molecule has 0 spiro atoms. The Bertz CT molecular complexity index is 1420. The van der Waals surface area contributed by atoms with Crippen molar-refractivity contribution in [2.24, 2.45) is 11.1 Å². The lowest BCUT2D eigenvalue weighted by molar-refractivity contribution is -0.137. The number of carbonyl (C=O) groups is 2. The molecule has 0 aromatic heterocycles. The molecule has 3 N–H and O–H groups in total. The predicted octanol–water partition coefficient (Wildman–Crippen LogP) is 5.83. The SMILES string of the molecule is CC1(C)CC(=O)C2=C(C1)OC(N)=C(C#N)C2c1cc(Cl)ccc1OCC(=O)Nc1cccc(C(F)(F)F)c1. The van der Waals surface area contributed by atoms with Crippen LogP contribution in [0.5, 0.6) is 5.75 Å². The van der Waals surface area contributed by atoms with E-state index in [1.165, 1.54) is 30.3 Å². The number of amides is 1. The Morgan fingerprint density at radius 2 is 2.00 bits per heavy atom. The van der Waals surface area contributed by atoms with Crippen LogP contribution in [0.1, 0.15) is 43.7 Å². The molecule has 0 radical (unpaired) electrons. The van der Waals surface area contributed by atoms with E-state index in [4.69, 9.17) is 26.8 Å². The van der Waals surface area contributed by atoms with Gasteiger partial charge in [0.15, 0.2) is 12.4 Å². The summed E-state index contributed by atoms with van der Waals surface area (Å²) in [7, 11) is 0. The van der Waals surface area contributed by atoms with Gasteiger partial charge in [0.1, 0.15) is 23.2 Å². The number of allylic oxidation sites excluding steroid dienone is 3.